The highest BCUT2D eigenvalue weighted by Gasteiger charge is 2.29. The highest BCUT2D eigenvalue weighted by atomic mass is 32.2. The number of carbonyl (C=O) groups is 1. The summed E-state index contributed by atoms with van der Waals surface area (Å²) >= 11 is 0. The zero-order chi connectivity index (χ0) is 20.9. The maximum Gasteiger partial charge on any atom is 0.244 e. The largest absolute Gasteiger partial charge is 0.494 e. The molecule has 0 spiro atoms. The zero-order valence-corrected chi connectivity index (χ0v) is 17.2. The average molecular weight is 408 g/mol. The summed E-state index contributed by atoms with van der Waals surface area (Å²) in [6, 6.07) is 10.9. The molecule has 0 saturated heterocycles. The Hall–Kier alpha value is -2.61. The molecule has 0 aliphatic carbocycles. The third-order valence-electron chi connectivity index (χ3n) is 4.22. The van der Waals surface area contributed by atoms with Crippen LogP contribution in [0.4, 0.5) is 10.1 Å². The summed E-state index contributed by atoms with van der Waals surface area (Å²) < 4.78 is 44.2. The Bertz CT molecular complexity index is 899. The van der Waals surface area contributed by atoms with E-state index in [9.17, 15) is 17.6 Å². The van der Waals surface area contributed by atoms with Gasteiger partial charge in [-0.15, -0.1) is 0 Å². The van der Waals surface area contributed by atoms with E-state index in [4.69, 9.17) is 4.74 Å². The average Bonchev–Trinajstić information content (AvgIpc) is 2.62. The lowest BCUT2D eigenvalue weighted by atomic mass is 10.1. The summed E-state index contributed by atoms with van der Waals surface area (Å²) in [5.41, 5.74) is 1.08. The number of halogens is 1. The van der Waals surface area contributed by atoms with Crippen molar-refractivity contribution in [1.29, 1.82) is 0 Å². The van der Waals surface area contributed by atoms with Gasteiger partial charge < -0.3 is 10.1 Å². The molecular weight excluding hydrogens is 383 g/mol. The van der Waals surface area contributed by atoms with Crippen molar-refractivity contribution >= 4 is 21.6 Å². The lowest BCUT2D eigenvalue weighted by molar-refractivity contribution is -0.122. The van der Waals surface area contributed by atoms with Gasteiger partial charge >= 0.3 is 0 Å². The predicted octanol–water partition coefficient (Wildman–Crippen LogP) is 3.26. The fourth-order valence-corrected chi connectivity index (χ4v) is 4.01. The summed E-state index contributed by atoms with van der Waals surface area (Å²) in [6.45, 7) is 5.62. The molecule has 2 atom stereocenters. The molecule has 8 heteroatoms. The minimum atomic E-state index is -3.71. The lowest BCUT2D eigenvalue weighted by Gasteiger charge is -2.29. The second-order valence-electron chi connectivity index (χ2n) is 6.44. The van der Waals surface area contributed by atoms with Crippen molar-refractivity contribution in [2.45, 2.75) is 32.9 Å². The highest BCUT2D eigenvalue weighted by Crippen LogP contribution is 2.24. The van der Waals surface area contributed by atoms with Crippen LogP contribution in [0, 0.1) is 5.82 Å². The van der Waals surface area contributed by atoms with Crippen LogP contribution in [0.15, 0.2) is 48.5 Å². The third-order valence-corrected chi connectivity index (χ3v) is 5.46. The maximum atomic E-state index is 13.1. The summed E-state index contributed by atoms with van der Waals surface area (Å²) in [5.74, 6) is -0.215. The standard InChI is InChI=1S/C20H25FN2O4S/c1-5-27-19-12-10-18(11-13-19)23(28(4,25)26)15(3)20(24)22-14(2)16-6-8-17(21)9-7-16/h6-15H,5H2,1-4H3,(H,22,24)/t14-,15-/m1/s1. The number of hydrogen-bond acceptors (Lipinski definition) is 4. The van der Waals surface area contributed by atoms with Crippen LogP contribution in [0.25, 0.3) is 0 Å². The Morgan fingerprint density at radius 3 is 2.18 bits per heavy atom. The van der Waals surface area contributed by atoms with Crippen molar-refractivity contribution in [2.75, 3.05) is 17.2 Å². The van der Waals surface area contributed by atoms with Crippen molar-refractivity contribution in [3.8, 4) is 5.75 Å². The van der Waals surface area contributed by atoms with Gasteiger partial charge in [-0.1, -0.05) is 12.1 Å². The van der Waals surface area contributed by atoms with Crippen LogP contribution >= 0.6 is 0 Å². The number of carbonyl (C=O) groups excluding carboxylic acids is 1. The van der Waals surface area contributed by atoms with Crippen LogP contribution in [0.1, 0.15) is 32.4 Å². The number of benzene rings is 2. The van der Waals surface area contributed by atoms with Gasteiger partial charge in [0.05, 0.1) is 24.6 Å². The second kappa shape index (κ2) is 9.05. The van der Waals surface area contributed by atoms with E-state index in [0.717, 1.165) is 10.6 Å². The van der Waals surface area contributed by atoms with Crippen LogP contribution in [-0.2, 0) is 14.8 Å². The first kappa shape index (κ1) is 21.7. The number of hydrogen-bond donors (Lipinski definition) is 1. The monoisotopic (exact) mass is 408 g/mol. The van der Waals surface area contributed by atoms with E-state index < -0.39 is 28.0 Å². The number of rotatable bonds is 8. The molecule has 0 bridgehead atoms. The summed E-state index contributed by atoms with van der Waals surface area (Å²) in [4.78, 5) is 12.7. The van der Waals surface area contributed by atoms with Crippen LogP contribution in [0.2, 0.25) is 0 Å². The van der Waals surface area contributed by atoms with Gasteiger partial charge in [-0.05, 0) is 62.7 Å². The Morgan fingerprint density at radius 2 is 1.68 bits per heavy atom. The van der Waals surface area contributed by atoms with Crippen LogP contribution in [0.5, 0.6) is 5.75 Å². The van der Waals surface area contributed by atoms with E-state index >= 15 is 0 Å². The number of anilines is 1. The summed E-state index contributed by atoms with van der Waals surface area (Å²) in [6.07, 6.45) is 1.05. The van der Waals surface area contributed by atoms with Gasteiger partial charge in [0.15, 0.2) is 0 Å². The molecule has 1 N–H and O–H groups in total. The topological polar surface area (TPSA) is 75.7 Å². The molecule has 28 heavy (non-hydrogen) atoms. The molecule has 2 aromatic rings. The van der Waals surface area contributed by atoms with E-state index in [-0.39, 0.29) is 5.82 Å². The molecule has 0 aliphatic heterocycles. The minimum absolute atomic E-state index is 0.364. The molecule has 0 radical (unpaired) electrons. The second-order valence-corrected chi connectivity index (χ2v) is 8.30. The van der Waals surface area contributed by atoms with Gasteiger partial charge in [-0.3, -0.25) is 9.10 Å². The fraction of sp³-hybridized carbons (Fsp3) is 0.350. The number of sulfonamides is 1. The number of amides is 1. The van der Waals surface area contributed by atoms with Crippen molar-refractivity contribution in [1.82, 2.24) is 5.32 Å². The quantitative estimate of drug-likeness (QED) is 0.728. The Labute approximate surface area is 165 Å². The van der Waals surface area contributed by atoms with E-state index in [0.29, 0.717) is 23.6 Å². The SMILES string of the molecule is CCOc1ccc(N([C@H](C)C(=O)N[C@H](C)c2ccc(F)cc2)S(C)(=O)=O)cc1. The van der Waals surface area contributed by atoms with Crippen molar-refractivity contribution < 1.29 is 22.3 Å². The number of ether oxygens (including phenoxy) is 1. The van der Waals surface area contributed by atoms with Gasteiger partial charge in [0.25, 0.3) is 0 Å². The van der Waals surface area contributed by atoms with Gasteiger partial charge in [0, 0.05) is 0 Å². The third kappa shape index (κ3) is 5.45. The molecule has 0 unspecified atom stereocenters. The van der Waals surface area contributed by atoms with Crippen molar-refractivity contribution in [3.63, 3.8) is 0 Å². The zero-order valence-electron chi connectivity index (χ0n) is 16.3. The molecule has 0 fully saturated rings. The molecule has 1 amide bonds. The molecule has 152 valence electrons. The first-order chi connectivity index (χ1) is 13.1. The molecule has 2 aromatic carbocycles. The van der Waals surface area contributed by atoms with E-state index in [1.54, 1.807) is 43.3 Å². The first-order valence-electron chi connectivity index (χ1n) is 8.91. The summed E-state index contributed by atoms with van der Waals surface area (Å²) in [5, 5.41) is 2.78. The molecule has 0 saturated carbocycles. The number of nitrogens with zero attached hydrogens (tertiary/aromatic N) is 1. The normalized spacial score (nSPS) is 13.5. The van der Waals surface area contributed by atoms with Crippen molar-refractivity contribution in [3.05, 3.63) is 59.9 Å². The number of nitrogens with one attached hydrogen (secondary N) is 1. The minimum Gasteiger partial charge on any atom is -0.494 e. The molecule has 6 nitrogen and oxygen atoms in total. The van der Waals surface area contributed by atoms with Crippen LogP contribution < -0.4 is 14.4 Å². The van der Waals surface area contributed by atoms with E-state index in [1.165, 1.54) is 19.1 Å². The van der Waals surface area contributed by atoms with Gasteiger partial charge in [0.2, 0.25) is 15.9 Å². The van der Waals surface area contributed by atoms with Gasteiger partial charge in [-0.25, -0.2) is 12.8 Å². The Kier molecular flexibility index (Phi) is 7.01. The molecular formula is C20H25FN2O4S. The van der Waals surface area contributed by atoms with Gasteiger partial charge in [-0.2, -0.15) is 0 Å². The molecule has 2 rings (SSSR count). The Morgan fingerprint density at radius 1 is 1.11 bits per heavy atom. The molecule has 0 heterocycles. The van der Waals surface area contributed by atoms with Crippen LogP contribution in [-0.4, -0.2) is 33.2 Å². The van der Waals surface area contributed by atoms with Crippen LogP contribution in [0.3, 0.4) is 0 Å². The Balaban J connectivity index is 2.21. The smallest absolute Gasteiger partial charge is 0.244 e. The first-order valence-corrected chi connectivity index (χ1v) is 10.8. The van der Waals surface area contributed by atoms with Crippen molar-refractivity contribution in [2.24, 2.45) is 0 Å². The predicted molar refractivity (Wildman–Crippen MR) is 107 cm³/mol. The fourth-order valence-electron chi connectivity index (χ4n) is 2.83. The van der Waals surface area contributed by atoms with E-state index in [1.807, 2.05) is 6.92 Å². The van der Waals surface area contributed by atoms with E-state index in [2.05, 4.69) is 5.32 Å². The lowest BCUT2D eigenvalue weighted by Crippen LogP contribution is -2.48. The maximum absolute atomic E-state index is 13.1. The van der Waals surface area contributed by atoms with Gasteiger partial charge in [0.1, 0.15) is 17.6 Å². The molecule has 0 aliphatic rings. The summed E-state index contributed by atoms with van der Waals surface area (Å²) in [7, 11) is -3.71. The highest BCUT2D eigenvalue weighted by molar-refractivity contribution is 7.92. The molecule has 0 aromatic heterocycles.